The van der Waals surface area contributed by atoms with Crippen LogP contribution < -0.4 is 10.1 Å². The maximum Gasteiger partial charge on any atom is 0.265 e. The van der Waals surface area contributed by atoms with Gasteiger partial charge in [0, 0.05) is 25.5 Å². The Balaban J connectivity index is 2.09. The summed E-state index contributed by atoms with van der Waals surface area (Å²) in [6.45, 7) is 0. The van der Waals surface area contributed by atoms with Crippen LogP contribution in [0.5, 0.6) is 11.6 Å². The summed E-state index contributed by atoms with van der Waals surface area (Å²) >= 11 is 3.32. The normalized spacial score (nSPS) is 10.8. The highest BCUT2D eigenvalue weighted by Gasteiger charge is 2.12. The van der Waals surface area contributed by atoms with Gasteiger partial charge in [-0.05, 0) is 28.1 Å². The lowest BCUT2D eigenvalue weighted by Crippen LogP contribution is -2.00. The summed E-state index contributed by atoms with van der Waals surface area (Å²) in [4.78, 5) is 8.48. The molecule has 1 N–H and O–H groups in total. The number of nitrogens with one attached hydrogen (secondary N) is 1. The van der Waals surface area contributed by atoms with Crippen molar-refractivity contribution in [3.8, 4) is 11.6 Å². The standard InChI is InChI=1S/C13H10BrFN4O/c1-16-11-7-19-5-4-17-12(19)13(18-11)20-10-6-8(15)2-3-9(10)14/h2-7,16H,1H3. The van der Waals surface area contributed by atoms with Crippen LogP contribution in [0.2, 0.25) is 0 Å². The molecule has 2 heterocycles. The molecule has 0 bridgehead atoms. The van der Waals surface area contributed by atoms with Crippen molar-refractivity contribution in [3.05, 3.63) is 47.1 Å². The third-order valence-corrected chi connectivity index (χ3v) is 3.35. The van der Waals surface area contributed by atoms with E-state index in [1.54, 1.807) is 36.1 Å². The van der Waals surface area contributed by atoms with Crippen molar-refractivity contribution >= 4 is 27.4 Å². The smallest absolute Gasteiger partial charge is 0.265 e. The number of imidazole rings is 1. The van der Waals surface area contributed by atoms with Gasteiger partial charge < -0.3 is 10.1 Å². The zero-order chi connectivity index (χ0) is 14.1. The van der Waals surface area contributed by atoms with Crippen LogP contribution in [0.1, 0.15) is 0 Å². The minimum absolute atomic E-state index is 0.299. The number of hydrogen-bond acceptors (Lipinski definition) is 4. The van der Waals surface area contributed by atoms with Gasteiger partial charge in [-0.2, -0.15) is 4.98 Å². The Labute approximate surface area is 122 Å². The number of benzene rings is 1. The van der Waals surface area contributed by atoms with Gasteiger partial charge in [-0.1, -0.05) is 0 Å². The lowest BCUT2D eigenvalue weighted by Gasteiger charge is -2.09. The van der Waals surface area contributed by atoms with Gasteiger partial charge in [-0.25, -0.2) is 9.37 Å². The molecule has 3 aromatic rings. The molecule has 102 valence electrons. The predicted octanol–water partition coefficient (Wildman–Crippen LogP) is 3.46. The Morgan fingerprint density at radius 3 is 3.05 bits per heavy atom. The quantitative estimate of drug-likeness (QED) is 0.795. The molecular weight excluding hydrogens is 327 g/mol. The number of anilines is 1. The molecule has 0 aliphatic rings. The fourth-order valence-corrected chi connectivity index (χ4v) is 2.08. The minimum Gasteiger partial charge on any atom is -0.435 e. The first-order valence-corrected chi connectivity index (χ1v) is 6.61. The first-order chi connectivity index (χ1) is 9.67. The molecular formula is C13H10BrFN4O. The second-order valence-corrected chi connectivity index (χ2v) is 4.87. The number of aromatic nitrogens is 3. The summed E-state index contributed by atoms with van der Waals surface area (Å²) in [6.07, 6.45) is 5.21. The van der Waals surface area contributed by atoms with Gasteiger partial charge in [0.2, 0.25) is 5.65 Å². The van der Waals surface area contributed by atoms with Gasteiger partial charge in [0.15, 0.2) is 0 Å². The van der Waals surface area contributed by atoms with Crippen molar-refractivity contribution < 1.29 is 9.13 Å². The fraction of sp³-hybridized carbons (Fsp3) is 0.0769. The van der Waals surface area contributed by atoms with E-state index in [0.717, 1.165) is 0 Å². The van der Waals surface area contributed by atoms with E-state index < -0.39 is 0 Å². The van der Waals surface area contributed by atoms with Crippen molar-refractivity contribution in [2.24, 2.45) is 0 Å². The summed E-state index contributed by atoms with van der Waals surface area (Å²) in [7, 11) is 1.76. The molecule has 1 aromatic carbocycles. The Bertz CT molecular complexity index is 774. The minimum atomic E-state index is -0.382. The first-order valence-electron chi connectivity index (χ1n) is 5.82. The summed E-state index contributed by atoms with van der Waals surface area (Å²) in [5.41, 5.74) is 0.556. The van der Waals surface area contributed by atoms with E-state index >= 15 is 0 Å². The van der Waals surface area contributed by atoms with E-state index in [1.165, 1.54) is 12.1 Å². The Kier molecular flexibility index (Phi) is 3.27. The number of hydrogen-bond donors (Lipinski definition) is 1. The SMILES string of the molecule is CNc1cn2ccnc2c(Oc2cc(F)ccc2Br)n1. The maximum absolute atomic E-state index is 13.3. The summed E-state index contributed by atoms with van der Waals surface area (Å²) < 4.78 is 21.4. The number of fused-ring (bicyclic) bond motifs is 1. The van der Waals surface area contributed by atoms with E-state index in [-0.39, 0.29) is 5.82 Å². The highest BCUT2D eigenvalue weighted by molar-refractivity contribution is 9.10. The van der Waals surface area contributed by atoms with Gasteiger partial charge in [0.1, 0.15) is 17.4 Å². The van der Waals surface area contributed by atoms with E-state index in [2.05, 4.69) is 31.2 Å². The van der Waals surface area contributed by atoms with Crippen LogP contribution in [0, 0.1) is 5.82 Å². The average Bonchev–Trinajstić information content (AvgIpc) is 2.91. The van der Waals surface area contributed by atoms with Crippen LogP contribution >= 0.6 is 15.9 Å². The van der Waals surface area contributed by atoms with E-state index in [4.69, 9.17) is 4.74 Å². The zero-order valence-electron chi connectivity index (χ0n) is 10.5. The topological polar surface area (TPSA) is 51.5 Å². The van der Waals surface area contributed by atoms with Crippen LogP contribution in [-0.2, 0) is 0 Å². The molecule has 0 aliphatic heterocycles. The molecule has 0 saturated carbocycles. The van der Waals surface area contributed by atoms with E-state index in [0.29, 0.717) is 27.6 Å². The summed E-state index contributed by atoms with van der Waals surface area (Å²) in [6, 6.07) is 4.21. The second-order valence-electron chi connectivity index (χ2n) is 4.02. The molecule has 0 amide bonds. The van der Waals surface area contributed by atoms with Crippen LogP contribution in [0.25, 0.3) is 5.65 Å². The Hall–Kier alpha value is -2.15. The molecule has 0 atom stereocenters. The van der Waals surface area contributed by atoms with Crippen LogP contribution in [-0.4, -0.2) is 21.4 Å². The van der Waals surface area contributed by atoms with Gasteiger partial charge in [0.05, 0.1) is 10.7 Å². The van der Waals surface area contributed by atoms with Gasteiger partial charge >= 0.3 is 0 Å². The fourth-order valence-electron chi connectivity index (χ4n) is 1.75. The van der Waals surface area contributed by atoms with E-state index in [1.807, 2.05) is 0 Å². The number of nitrogens with zero attached hydrogens (tertiary/aromatic N) is 3. The molecule has 2 aromatic heterocycles. The van der Waals surface area contributed by atoms with Crippen molar-refractivity contribution in [2.75, 3.05) is 12.4 Å². The van der Waals surface area contributed by atoms with Gasteiger partial charge in [0.25, 0.3) is 5.88 Å². The molecule has 0 fully saturated rings. The second kappa shape index (κ2) is 5.09. The molecule has 3 rings (SSSR count). The van der Waals surface area contributed by atoms with Crippen molar-refractivity contribution in [1.29, 1.82) is 0 Å². The van der Waals surface area contributed by atoms with Crippen LogP contribution in [0.4, 0.5) is 10.2 Å². The molecule has 0 radical (unpaired) electrons. The van der Waals surface area contributed by atoms with E-state index in [9.17, 15) is 4.39 Å². The van der Waals surface area contributed by atoms with Crippen molar-refractivity contribution in [3.63, 3.8) is 0 Å². The lowest BCUT2D eigenvalue weighted by atomic mass is 10.3. The largest absolute Gasteiger partial charge is 0.435 e. The van der Waals surface area contributed by atoms with Gasteiger partial charge in [-0.15, -0.1) is 0 Å². The molecule has 0 aliphatic carbocycles. The molecule has 5 nitrogen and oxygen atoms in total. The predicted molar refractivity (Wildman–Crippen MR) is 76.7 cm³/mol. The molecule has 0 unspecified atom stereocenters. The number of ether oxygens (including phenoxy) is 1. The third kappa shape index (κ3) is 2.32. The first kappa shape index (κ1) is 12.9. The van der Waals surface area contributed by atoms with Gasteiger partial charge in [-0.3, -0.25) is 4.40 Å². The molecule has 0 spiro atoms. The zero-order valence-corrected chi connectivity index (χ0v) is 12.1. The van der Waals surface area contributed by atoms with Crippen molar-refractivity contribution in [2.45, 2.75) is 0 Å². The lowest BCUT2D eigenvalue weighted by molar-refractivity contribution is 0.458. The Morgan fingerprint density at radius 1 is 1.40 bits per heavy atom. The maximum atomic E-state index is 13.3. The van der Waals surface area contributed by atoms with Crippen LogP contribution in [0.3, 0.4) is 0 Å². The average molecular weight is 337 g/mol. The Morgan fingerprint density at radius 2 is 2.25 bits per heavy atom. The van der Waals surface area contributed by atoms with Crippen molar-refractivity contribution in [1.82, 2.24) is 14.4 Å². The molecule has 0 saturated heterocycles. The highest BCUT2D eigenvalue weighted by atomic mass is 79.9. The summed E-state index contributed by atoms with van der Waals surface area (Å²) in [5.74, 6) is 0.883. The number of rotatable bonds is 3. The molecule has 20 heavy (non-hydrogen) atoms. The highest BCUT2D eigenvalue weighted by Crippen LogP contribution is 2.31. The molecule has 7 heteroatoms. The monoisotopic (exact) mass is 336 g/mol. The summed E-state index contributed by atoms with van der Waals surface area (Å²) in [5, 5.41) is 2.94. The number of halogens is 2. The van der Waals surface area contributed by atoms with Crippen LogP contribution in [0.15, 0.2) is 41.3 Å². The third-order valence-electron chi connectivity index (χ3n) is 2.70.